The van der Waals surface area contributed by atoms with Crippen molar-refractivity contribution in [1.29, 1.82) is 0 Å². The Hall–Kier alpha value is -1.94. The number of ether oxygens (including phenoxy) is 1. The molecule has 0 radical (unpaired) electrons. The molecule has 1 unspecified atom stereocenters. The predicted octanol–water partition coefficient (Wildman–Crippen LogP) is 5.34. The first-order valence-corrected chi connectivity index (χ1v) is 6.63. The molecule has 1 aliphatic rings. The zero-order valence-corrected chi connectivity index (χ0v) is 11.4. The highest BCUT2D eigenvalue weighted by atomic mass is 35.5. The highest BCUT2D eigenvalue weighted by Crippen LogP contribution is 2.39. The van der Waals surface area contributed by atoms with Gasteiger partial charge >= 0.3 is 6.18 Å². The normalized spacial score (nSPS) is 17.2. The van der Waals surface area contributed by atoms with E-state index in [-0.39, 0.29) is 5.75 Å². The summed E-state index contributed by atoms with van der Waals surface area (Å²) in [6.07, 6.45) is -3.98. The number of benzene rings is 2. The molecule has 2 aromatic carbocycles. The summed E-state index contributed by atoms with van der Waals surface area (Å²) in [5.41, 5.74) is 2.01. The molecule has 0 bridgehead atoms. The van der Waals surface area contributed by atoms with Gasteiger partial charge in [-0.3, -0.25) is 0 Å². The van der Waals surface area contributed by atoms with Gasteiger partial charge in [-0.15, -0.1) is 0 Å². The van der Waals surface area contributed by atoms with E-state index in [9.17, 15) is 13.2 Å². The van der Waals surface area contributed by atoms with Gasteiger partial charge < -0.3 is 4.74 Å². The minimum absolute atomic E-state index is 0.183. The van der Waals surface area contributed by atoms with E-state index in [1.165, 1.54) is 6.08 Å². The van der Waals surface area contributed by atoms with Gasteiger partial charge in [0.15, 0.2) is 0 Å². The zero-order valence-electron chi connectivity index (χ0n) is 10.7. The van der Waals surface area contributed by atoms with Gasteiger partial charge in [0.2, 0.25) is 6.10 Å². The van der Waals surface area contributed by atoms with Crippen LogP contribution in [0.5, 0.6) is 5.75 Å². The molecular weight excluding hydrogens is 301 g/mol. The third kappa shape index (κ3) is 2.76. The molecule has 0 aliphatic carbocycles. The van der Waals surface area contributed by atoms with Crippen molar-refractivity contribution in [3.05, 3.63) is 59.1 Å². The van der Waals surface area contributed by atoms with Gasteiger partial charge in [-0.05, 0) is 23.8 Å². The fourth-order valence-corrected chi connectivity index (χ4v) is 2.46. The summed E-state index contributed by atoms with van der Waals surface area (Å²) < 4.78 is 43.3. The molecule has 0 N–H and O–H groups in total. The van der Waals surface area contributed by atoms with Gasteiger partial charge in [-0.1, -0.05) is 48.0 Å². The second-order valence-corrected chi connectivity index (χ2v) is 5.08. The first-order chi connectivity index (χ1) is 9.95. The van der Waals surface area contributed by atoms with Crippen LogP contribution in [-0.4, -0.2) is 12.3 Å². The van der Waals surface area contributed by atoms with Gasteiger partial charge in [-0.2, -0.15) is 13.2 Å². The molecule has 108 valence electrons. The average molecular weight is 311 g/mol. The Morgan fingerprint density at radius 1 is 1.05 bits per heavy atom. The van der Waals surface area contributed by atoms with E-state index in [1.807, 2.05) is 30.3 Å². The van der Waals surface area contributed by atoms with E-state index < -0.39 is 12.3 Å². The van der Waals surface area contributed by atoms with Crippen molar-refractivity contribution in [2.75, 3.05) is 0 Å². The minimum atomic E-state index is -4.43. The van der Waals surface area contributed by atoms with Gasteiger partial charge in [0, 0.05) is 16.1 Å². The maximum atomic E-state index is 12.7. The molecule has 1 nitrogen and oxygen atoms in total. The Morgan fingerprint density at radius 3 is 2.43 bits per heavy atom. The van der Waals surface area contributed by atoms with Gasteiger partial charge in [0.1, 0.15) is 5.75 Å². The van der Waals surface area contributed by atoms with Crippen molar-refractivity contribution >= 4 is 17.7 Å². The number of hydrogen-bond acceptors (Lipinski definition) is 1. The van der Waals surface area contributed by atoms with Crippen LogP contribution in [0.1, 0.15) is 5.56 Å². The van der Waals surface area contributed by atoms with Crippen LogP contribution in [0.3, 0.4) is 0 Å². The highest BCUT2D eigenvalue weighted by molar-refractivity contribution is 6.33. The van der Waals surface area contributed by atoms with Crippen LogP contribution in [-0.2, 0) is 0 Å². The topological polar surface area (TPSA) is 9.23 Å². The van der Waals surface area contributed by atoms with Crippen molar-refractivity contribution in [2.45, 2.75) is 12.3 Å². The standard InChI is InChI=1S/C16H10ClF3O/c17-13-8-11-6-7-15(16(18,19)20)21-14(11)9-12(13)10-4-2-1-3-5-10/h1-9,15H. The fraction of sp³-hybridized carbons (Fsp3) is 0.125. The smallest absolute Gasteiger partial charge is 0.429 e. The summed E-state index contributed by atoms with van der Waals surface area (Å²) in [5, 5.41) is 0.471. The third-order valence-corrected chi connectivity index (χ3v) is 3.52. The molecule has 5 heteroatoms. The Labute approximate surface area is 124 Å². The molecule has 0 spiro atoms. The molecule has 0 aromatic heterocycles. The summed E-state index contributed by atoms with van der Waals surface area (Å²) in [7, 11) is 0. The Bertz CT molecular complexity index is 693. The summed E-state index contributed by atoms with van der Waals surface area (Å²) in [6.45, 7) is 0. The second kappa shape index (κ2) is 5.11. The number of halogens is 4. The summed E-state index contributed by atoms with van der Waals surface area (Å²) in [6, 6.07) is 12.4. The van der Waals surface area contributed by atoms with Crippen LogP contribution >= 0.6 is 11.6 Å². The van der Waals surface area contributed by atoms with Gasteiger partial charge in [0.05, 0.1) is 0 Å². The number of hydrogen-bond donors (Lipinski definition) is 0. The largest absolute Gasteiger partial charge is 0.476 e. The Morgan fingerprint density at radius 2 is 1.76 bits per heavy atom. The molecular formula is C16H10ClF3O. The van der Waals surface area contributed by atoms with Crippen LogP contribution < -0.4 is 4.74 Å². The lowest BCUT2D eigenvalue weighted by atomic mass is 10.0. The first-order valence-electron chi connectivity index (χ1n) is 6.26. The van der Waals surface area contributed by atoms with Crippen molar-refractivity contribution in [3.8, 4) is 16.9 Å². The highest BCUT2D eigenvalue weighted by Gasteiger charge is 2.41. The van der Waals surface area contributed by atoms with Crippen LogP contribution in [0.4, 0.5) is 13.2 Å². The monoisotopic (exact) mass is 310 g/mol. The molecule has 2 aromatic rings. The van der Waals surface area contributed by atoms with Crippen molar-refractivity contribution in [3.63, 3.8) is 0 Å². The van der Waals surface area contributed by atoms with Crippen molar-refractivity contribution < 1.29 is 17.9 Å². The summed E-state index contributed by atoms with van der Waals surface area (Å²) in [4.78, 5) is 0. The Kier molecular flexibility index (Phi) is 3.41. The lowest BCUT2D eigenvalue weighted by molar-refractivity contribution is -0.180. The van der Waals surface area contributed by atoms with Gasteiger partial charge in [-0.25, -0.2) is 0 Å². The van der Waals surface area contributed by atoms with Crippen LogP contribution in [0.25, 0.3) is 17.2 Å². The third-order valence-electron chi connectivity index (χ3n) is 3.21. The van der Waals surface area contributed by atoms with E-state index >= 15 is 0 Å². The van der Waals surface area contributed by atoms with Gasteiger partial charge in [0.25, 0.3) is 0 Å². The summed E-state index contributed by atoms with van der Waals surface area (Å²) in [5.74, 6) is 0.183. The fourth-order valence-electron chi connectivity index (χ4n) is 2.18. The number of fused-ring (bicyclic) bond motifs is 1. The lowest BCUT2D eigenvalue weighted by Crippen LogP contribution is -2.33. The zero-order chi connectivity index (χ0) is 15.0. The number of alkyl halides is 3. The Balaban J connectivity index is 2.04. The molecule has 0 fully saturated rings. The molecule has 0 amide bonds. The first kappa shape index (κ1) is 14.0. The lowest BCUT2D eigenvalue weighted by Gasteiger charge is -2.24. The average Bonchev–Trinajstić information content (AvgIpc) is 2.46. The maximum Gasteiger partial charge on any atom is 0.429 e. The van der Waals surface area contributed by atoms with E-state index in [0.29, 0.717) is 16.1 Å². The molecule has 21 heavy (non-hydrogen) atoms. The minimum Gasteiger partial charge on any atom is -0.476 e. The molecule has 1 aliphatic heterocycles. The predicted molar refractivity (Wildman–Crippen MR) is 76.4 cm³/mol. The van der Waals surface area contributed by atoms with Crippen LogP contribution in [0.2, 0.25) is 5.02 Å². The quantitative estimate of drug-likeness (QED) is 0.690. The molecule has 0 saturated heterocycles. The molecule has 3 rings (SSSR count). The molecule has 1 atom stereocenters. The van der Waals surface area contributed by atoms with Crippen molar-refractivity contribution in [2.24, 2.45) is 0 Å². The van der Waals surface area contributed by atoms with E-state index in [4.69, 9.17) is 16.3 Å². The van der Waals surface area contributed by atoms with E-state index in [1.54, 1.807) is 12.1 Å². The second-order valence-electron chi connectivity index (χ2n) is 4.68. The molecule has 1 heterocycles. The number of rotatable bonds is 1. The van der Waals surface area contributed by atoms with Crippen LogP contribution in [0.15, 0.2) is 48.5 Å². The maximum absolute atomic E-state index is 12.7. The van der Waals surface area contributed by atoms with Crippen LogP contribution in [0, 0.1) is 0 Å². The SMILES string of the molecule is FC(F)(F)C1C=Cc2cc(Cl)c(-c3ccccc3)cc2O1. The van der Waals surface area contributed by atoms with E-state index in [2.05, 4.69) is 0 Å². The van der Waals surface area contributed by atoms with Crippen molar-refractivity contribution in [1.82, 2.24) is 0 Å². The molecule has 0 saturated carbocycles. The summed E-state index contributed by atoms with van der Waals surface area (Å²) >= 11 is 6.21. The van der Waals surface area contributed by atoms with E-state index in [0.717, 1.165) is 11.6 Å².